The van der Waals surface area contributed by atoms with Gasteiger partial charge in [0.1, 0.15) is 6.33 Å². The fraction of sp³-hybridized carbons (Fsp3) is 0.0667. The van der Waals surface area contributed by atoms with Gasteiger partial charge >= 0.3 is 0 Å². The Hall–Kier alpha value is -3.22. The number of carbonyl (C=O) groups is 1. The molecule has 3 rings (SSSR count). The Morgan fingerprint density at radius 3 is 2.86 bits per heavy atom. The Bertz CT molecular complexity index is 790. The molecule has 7 nitrogen and oxygen atoms in total. The third-order valence-electron chi connectivity index (χ3n) is 3.06. The minimum Gasteiger partial charge on any atom is -0.504 e. The largest absolute Gasteiger partial charge is 0.504 e. The van der Waals surface area contributed by atoms with Crippen LogP contribution in [-0.4, -0.2) is 35.6 Å². The minimum atomic E-state index is -0.309. The zero-order valence-corrected chi connectivity index (χ0v) is 11.5. The number of pyridine rings is 1. The standard InChI is InChI=1S/C15H13N5O2/c21-13(7-14(22)15-17-10-18-19-15)12-3-6-20(9-12)8-11-1-4-16-5-2-11/h1-7,9-10,22H,8H2,(H,17,18,19). The number of nitrogens with one attached hydrogen (secondary N) is 1. The average molecular weight is 295 g/mol. The molecule has 2 N–H and O–H groups in total. The van der Waals surface area contributed by atoms with Gasteiger partial charge in [-0.3, -0.25) is 14.9 Å². The fourth-order valence-electron chi connectivity index (χ4n) is 1.99. The van der Waals surface area contributed by atoms with E-state index in [9.17, 15) is 9.90 Å². The van der Waals surface area contributed by atoms with Crippen LogP contribution < -0.4 is 0 Å². The summed E-state index contributed by atoms with van der Waals surface area (Å²) in [4.78, 5) is 19.8. The van der Waals surface area contributed by atoms with Crippen molar-refractivity contribution < 1.29 is 9.90 Å². The van der Waals surface area contributed by atoms with Gasteiger partial charge in [-0.05, 0) is 23.8 Å². The molecule has 110 valence electrons. The molecule has 3 aromatic heterocycles. The van der Waals surface area contributed by atoms with Crippen molar-refractivity contribution >= 4 is 11.5 Å². The molecule has 0 saturated carbocycles. The highest BCUT2D eigenvalue weighted by molar-refractivity contribution is 6.07. The van der Waals surface area contributed by atoms with Gasteiger partial charge in [0.2, 0.25) is 5.82 Å². The lowest BCUT2D eigenvalue weighted by Gasteiger charge is -2.01. The van der Waals surface area contributed by atoms with Crippen molar-refractivity contribution in [2.75, 3.05) is 0 Å². The number of H-pyrrole nitrogens is 1. The van der Waals surface area contributed by atoms with Gasteiger partial charge in [-0.25, -0.2) is 4.98 Å². The molecule has 7 heteroatoms. The van der Waals surface area contributed by atoms with E-state index >= 15 is 0 Å². The van der Waals surface area contributed by atoms with Crippen LogP contribution in [0.25, 0.3) is 5.76 Å². The summed E-state index contributed by atoms with van der Waals surface area (Å²) in [5, 5.41) is 15.9. The predicted molar refractivity (Wildman–Crippen MR) is 79.1 cm³/mol. The number of aliphatic hydroxyl groups excluding tert-OH is 1. The van der Waals surface area contributed by atoms with Gasteiger partial charge in [-0.2, -0.15) is 5.10 Å². The van der Waals surface area contributed by atoms with Crippen molar-refractivity contribution in [3.63, 3.8) is 0 Å². The lowest BCUT2D eigenvalue weighted by Crippen LogP contribution is -1.99. The van der Waals surface area contributed by atoms with E-state index in [-0.39, 0.29) is 17.4 Å². The number of ketones is 1. The summed E-state index contributed by atoms with van der Waals surface area (Å²) in [7, 11) is 0. The van der Waals surface area contributed by atoms with E-state index in [2.05, 4.69) is 20.2 Å². The van der Waals surface area contributed by atoms with Crippen LogP contribution in [0.15, 0.2) is 55.4 Å². The molecular weight excluding hydrogens is 282 g/mol. The Labute approximate surface area is 126 Å². The first-order valence-electron chi connectivity index (χ1n) is 6.58. The molecule has 22 heavy (non-hydrogen) atoms. The number of aliphatic hydroxyl groups is 1. The smallest absolute Gasteiger partial charge is 0.215 e. The normalized spacial score (nSPS) is 11.5. The zero-order chi connectivity index (χ0) is 15.4. The molecule has 0 aliphatic carbocycles. The van der Waals surface area contributed by atoms with E-state index in [1.54, 1.807) is 24.7 Å². The Kier molecular flexibility index (Phi) is 3.78. The molecular formula is C15H13N5O2. The first-order chi connectivity index (χ1) is 10.7. The molecule has 0 aliphatic heterocycles. The van der Waals surface area contributed by atoms with E-state index in [1.807, 2.05) is 22.9 Å². The van der Waals surface area contributed by atoms with E-state index in [1.165, 1.54) is 6.33 Å². The summed E-state index contributed by atoms with van der Waals surface area (Å²) < 4.78 is 1.89. The van der Waals surface area contributed by atoms with Gasteiger partial charge in [0.25, 0.3) is 0 Å². The first kappa shape index (κ1) is 13.7. The van der Waals surface area contributed by atoms with Crippen LogP contribution in [-0.2, 0) is 6.54 Å². The van der Waals surface area contributed by atoms with Crippen molar-refractivity contribution in [3.05, 3.63) is 72.3 Å². The second kappa shape index (κ2) is 6.04. The summed E-state index contributed by atoms with van der Waals surface area (Å²) in [6.45, 7) is 0.645. The van der Waals surface area contributed by atoms with Crippen LogP contribution in [0.4, 0.5) is 0 Å². The highest BCUT2D eigenvalue weighted by Gasteiger charge is 2.10. The van der Waals surface area contributed by atoms with E-state index in [0.29, 0.717) is 12.1 Å². The van der Waals surface area contributed by atoms with E-state index in [0.717, 1.165) is 11.6 Å². The number of carbonyl (C=O) groups excluding carboxylic acids is 1. The van der Waals surface area contributed by atoms with Gasteiger partial charge in [0, 0.05) is 43.0 Å². The zero-order valence-electron chi connectivity index (χ0n) is 11.5. The Balaban J connectivity index is 1.73. The molecule has 0 aliphatic rings. The van der Waals surface area contributed by atoms with Gasteiger partial charge in [0.05, 0.1) is 0 Å². The number of aromatic amines is 1. The second-order valence-electron chi connectivity index (χ2n) is 4.64. The number of allylic oxidation sites excluding steroid dienone is 1. The average Bonchev–Trinajstić information content (AvgIpc) is 3.19. The monoisotopic (exact) mass is 295 g/mol. The molecule has 0 fully saturated rings. The van der Waals surface area contributed by atoms with Crippen LogP contribution in [0.5, 0.6) is 0 Å². The van der Waals surface area contributed by atoms with Gasteiger partial charge in [-0.1, -0.05) is 0 Å². The van der Waals surface area contributed by atoms with Crippen LogP contribution in [0.1, 0.15) is 21.7 Å². The highest BCUT2D eigenvalue weighted by atomic mass is 16.3. The second-order valence-corrected chi connectivity index (χ2v) is 4.64. The third kappa shape index (κ3) is 3.09. The van der Waals surface area contributed by atoms with Gasteiger partial charge in [-0.15, -0.1) is 0 Å². The topological polar surface area (TPSA) is 96.7 Å². The fourth-order valence-corrected chi connectivity index (χ4v) is 1.99. The summed E-state index contributed by atoms with van der Waals surface area (Å²) >= 11 is 0. The van der Waals surface area contributed by atoms with Crippen LogP contribution >= 0.6 is 0 Å². The molecule has 0 aromatic carbocycles. The predicted octanol–water partition coefficient (Wildman–Crippen LogP) is 1.83. The number of rotatable bonds is 5. The maximum Gasteiger partial charge on any atom is 0.215 e. The number of nitrogens with zero attached hydrogens (tertiary/aromatic N) is 4. The van der Waals surface area contributed by atoms with Crippen LogP contribution in [0.2, 0.25) is 0 Å². The highest BCUT2D eigenvalue weighted by Crippen LogP contribution is 2.10. The summed E-state index contributed by atoms with van der Waals surface area (Å²) in [5.41, 5.74) is 1.57. The summed E-state index contributed by atoms with van der Waals surface area (Å²) in [5.74, 6) is -0.492. The lowest BCUT2D eigenvalue weighted by molar-refractivity contribution is 0.104. The molecule has 0 bridgehead atoms. The molecule has 0 unspecified atom stereocenters. The summed E-state index contributed by atoms with van der Waals surface area (Å²) in [6.07, 6.45) is 9.42. The van der Waals surface area contributed by atoms with Crippen LogP contribution in [0, 0.1) is 0 Å². The Morgan fingerprint density at radius 2 is 2.14 bits per heavy atom. The maximum absolute atomic E-state index is 12.1. The molecule has 0 saturated heterocycles. The molecule has 3 aromatic rings. The molecule has 0 atom stereocenters. The van der Waals surface area contributed by atoms with Gasteiger partial charge in [0.15, 0.2) is 11.5 Å². The van der Waals surface area contributed by atoms with Crippen molar-refractivity contribution in [2.24, 2.45) is 0 Å². The third-order valence-corrected chi connectivity index (χ3v) is 3.06. The Morgan fingerprint density at radius 1 is 1.32 bits per heavy atom. The molecule has 0 spiro atoms. The quantitative estimate of drug-likeness (QED) is 0.425. The molecule has 3 heterocycles. The van der Waals surface area contributed by atoms with Crippen molar-refractivity contribution in [3.8, 4) is 0 Å². The SMILES string of the molecule is O=C(C=C(O)c1nc[nH]n1)c1ccn(Cc2ccncc2)c1. The van der Waals surface area contributed by atoms with Crippen molar-refractivity contribution in [1.82, 2.24) is 24.7 Å². The van der Waals surface area contributed by atoms with Crippen LogP contribution in [0.3, 0.4) is 0 Å². The summed E-state index contributed by atoms with van der Waals surface area (Å²) in [6, 6.07) is 5.53. The number of hydrogen-bond acceptors (Lipinski definition) is 5. The minimum absolute atomic E-state index is 0.0876. The number of hydrogen-bond donors (Lipinski definition) is 2. The van der Waals surface area contributed by atoms with Gasteiger partial charge < -0.3 is 9.67 Å². The van der Waals surface area contributed by atoms with E-state index in [4.69, 9.17) is 0 Å². The lowest BCUT2D eigenvalue weighted by atomic mass is 10.2. The van der Waals surface area contributed by atoms with E-state index < -0.39 is 0 Å². The molecule has 0 amide bonds. The molecule has 0 radical (unpaired) electrons. The number of aromatic nitrogens is 5. The van der Waals surface area contributed by atoms with Crippen molar-refractivity contribution in [1.29, 1.82) is 0 Å². The first-order valence-corrected chi connectivity index (χ1v) is 6.58. The maximum atomic E-state index is 12.1. The van der Waals surface area contributed by atoms with Crippen molar-refractivity contribution in [2.45, 2.75) is 6.54 Å².